The van der Waals surface area contributed by atoms with Gasteiger partial charge in [-0.1, -0.05) is 0 Å². The van der Waals surface area contributed by atoms with Crippen molar-refractivity contribution in [2.45, 2.75) is 19.0 Å². The van der Waals surface area contributed by atoms with Crippen molar-refractivity contribution in [3.05, 3.63) is 0 Å². The molecule has 0 aromatic rings. The molecular formula is C6H14FNO. The lowest BCUT2D eigenvalue weighted by Crippen LogP contribution is -2.10. The van der Waals surface area contributed by atoms with E-state index in [-0.39, 0.29) is 0 Å². The molecule has 0 fully saturated rings. The molecule has 0 rings (SSSR count). The molecule has 0 aromatic heterocycles. The van der Waals surface area contributed by atoms with Gasteiger partial charge in [0.05, 0.1) is 0 Å². The number of ether oxygens (including phenoxy) is 1. The van der Waals surface area contributed by atoms with Crippen LogP contribution in [0.4, 0.5) is 4.39 Å². The molecule has 0 bridgehead atoms. The number of hydrogen-bond donors (Lipinski definition) is 1. The van der Waals surface area contributed by atoms with E-state index in [1.54, 1.807) is 7.11 Å². The van der Waals surface area contributed by atoms with Gasteiger partial charge in [-0.15, -0.1) is 0 Å². The minimum Gasteiger partial charge on any atom is -0.385 e. The van der Waals surface area contributed by atoms with Crippen molar-refractivity contribution in [3.8, 4) is 0 Å². The summed E-state index contributed by atoms with van der Waals surface area (Å²) in [4.78, 5) is 0. The van der Waals surface area contributed by atoms with Gasteiger partial charge in [0.15, 0.2) is 0 Å². The molecular weight excluding hydrogens is 121 g/mol. The van der Waals surface area contributed by atoms with Gasteiger partial charge in [0, 0.05) is 20.1 Å². The second-order valence-corrected chi connectivity index (χ2v) is 1.96. The molecule has 0 aliphatic heterocycles. The Balaban J connectivity index is 2.95. The zero-order chi connectivity index (χ0) is 7.11. The van der Waals surface area contributed by atoms with Crippen LogP contribution in [0.15, 0.2) is 0 Å². The van der Waals surface area contributed by atoms with Crippen LogP contribution >= 0.6 is 0 Å². The molecule has 0 radical (unpaired) electrons. The Morgan fingerprint density at radius 1 is 1.56 bits per heavy atom. The fourth-order valence-electron chi connectivity index (χ4n) is 0.571. The topological polar surface area (TPSA) is 35.2 Å². The second-order valence-electron chi connectivity index (χ2n) is 1.96. The smallest absolute Gasteiger partial charge is 0.104 e. The number of halogens is 1. The first-order valence-electron chi connectivity index (χ1n) is 3.14. The number of hydrogen-bond acceptors (Lipinski definition) is 2. The van der Waals surface area contributed by atoms with Crippen molar-refractivity contribution >= 4 is 0 Å². The third-order valence-corrected chi connectivity index (χ3v) is 1.12. The maximum absolute atomic E-state index is 12.4. The first-order valence-corrected chi connectivity index (χ1v) is 3.14. The van der Waals surface area contributed by atoms with Gasteiger partial charge in [-0.25, -0.2) is 4.39 Å². The molecule has 1 unspecified atom stereocenters. The Bertz CT molecular complexity index is 61.0. The molecule has 0 saturated heterocycles. The van der Waals surface area contributed by atoms with Crippen LogP contribution in [0.5, 0.6) is 0 Å². The number of alkyl halides is 1. The van der Waals surface area contributed by atoms with E-state index in [4.69, 9.17) is 5.73 Å². The Morgan fingerprint density at radius 3 is 2.67 bits per heavy atom. The lowest BCUT2D eigenvalue weighted by atomic mass is 10.2. The molecule has 0 heterocycles. The number of rotatable bonds is 5. The molecule has 0 saturated carbocycles. The minimum absolute atomic E-state index is 0.422. The molecule has 3 heteroatoms. The highest BCUT2D eigenvalue weighted by Crippen LogP contribution is 2.00. The van der Waals surface area contributed by atoms with Crippen LogP contribution in [-0.4, -0.2) is 26.4 Å². The summed E-state index contributed by atoms with van der Waals surface area (Å²) in [5.41, 5.74) is 5.12. The van der Waals surface area contributed by atoms with Gasteiger partial charge in [0.25, 0.3) is 0 Å². The Morgan fingerprint density at radius 2 is 2.22 bits per heavy atom. The van der Waals surface area contributed by atoms with Gasteiger partial charge in [-0.05, 0) is 13.0 Å². The third-order valence-electron chi connectivity index (χ3n) is 1.12. The molecule has 9 heavy (non-hydrogen) atoms. The lowest BCUT2D eigenvalue weighted by Gasteiger charge is -2.03. The van der Waals surface area contributed by atoms with E-state index in [0.717, 1.165) is 0 Å². The van der Waals surface area contributed by atoms with Gasteiger partial charge < -0.3 is 10.5 Å². The Labute approximate surface area is 55.2 Å². The third kappa shape index (κ3) is 5.73. The van der Waals surface area contributed by atoms with Crippen LogP contribution in [0.2, 0.25) is 0 Å². The number of nitrogens with two attached hydrogens (primary N) is 1. The SMILES string of the molecule is COCCC(F)CCN. The molecule has 0 spiro atoms. The van der Waals surface area contributed by atoms with Crippen molar-refractivity contribution in [1.29, 1.82) is 0 Å². The largest absolute Gasteiger partial charge is 0.385 e. The predicted molar refractivity (Wildman–Crippen MR) is 35.1 cm³/mol. The van der Waals surface area contributed by atoms with E-state index in [1.807, 2.05) is 0 Å². The van der Waals surface area contributed by atoms with Crippen LogP contribution in [0.3, 0.4) is 0 Å². The van der Waals surface area contributed by atoms with Gasteiger partial charge in [-0.3, -0.25) is 0 Å². The summed E-state index contributed by atoms with van der Waals surface area (Å²) < 4.78 is 17.1. The van der Waals surface area contributed by atoms with Crippen LogP contribution in [-0.2, 0) is 4.74 Å². The molecule has 1 atom stereocenters. The van der Waals surface area contributed by atoms with E-state index < -0.39 is 6.17 Å². The highest BCUT2D eigenvalue weighted by molar-refractivity contribution is 4.54. The van der Waals surface area contributed by atoms with Crippen molar-refractivity contribution in [2.24, 2.45) is 5.73 Å². The molecule has 2 N–H and O–H groups in total. The van der Waals surface area contributed by atoms with Crippen molar-refractivity contribution < 1.29 is 9.13 Å². The average Bonchev–Trinajstić information content (AvgIpc) is 1.85. The summed E-state index contributed by atoms with van der Waals surface area (Å²) in [5, 5.41) is 0. The summed E-state index contributed by atoms with van der Waals surface area (Å²) >= 11 is 0. The second kappa shape index (κ2) is 5.98. The van der Waals surface area contributed by atoms with Crippen molar-refractivity contribution in [2.75, 3.05) is 20.3 Å². The predicted octanol–water partition coefficient (Wildman–Crippen LogP) is 0.710. The first-order chi connectivity index (χ1) is 4.31. The monoisotopic (exact) mass is 135 g/mol. The summed E-state index contributed by atoms with van der Waals surface area (Å²) in [6.07, 6.45) is 0.131. The standard InChI is InChI=1S/C6H14FNO/c1-9-5-3-6(7)2-4-8/h6H,2-5,8H2,1H3. The quantitative estimate of drug-likeness (QED) is 0.602. The zero-order valence-electron chi connectivity index (χ0n) is 5.77. The molecule has 0 amide bonds. The number of methoxy groups -OCH3 is 1. The molecule has 0 aromatic carbocycles. The minimum atomic E-state index is -0.782. The summed E-state index contributed by atoms with van der Waals surface area (Å²) in [6, 6.07) is 0. The molecule has 0 aliphatic carbocycles. The van der Waals surface area contributed by atoms with Gasteiger partial charge >= 0.3 is 0 Å². The Kier molecular flexibility index (Phi) is 5.88. The summed E-state index contributed by atoms with van der Waals surface area (Å²) in [5.74, 6) is 0. The molecule has 0 aliphatic rings. The van der Waals surface area contributed by atoms with Crippen LogP contribution < -0.4 is 5.73 Å². The van der Waals surface area contributed by atoms with Crippen LogP contribution in [0.1, 0.15) is 12.8 Å². The molecule has 56 valence electrons. The van der Waals surface area contributed by atoms with Crippen molar-refractivity contribution in [1.82, 2.24) is 0 Å². The van der Waals surface area contributed by atoms with Gasteiger partial charge in [0.1, 0.15) is 6.17 Å². The maximum Gasteiger partial charge on any atom is 0.104 e. The van der Waals surface area contributed by atoms with Gasteiger partial charge in [0.2, 0.25) is 0 Å². The van der Waals surface area contributed by atoms with E-state index in [2.05, 4.69) is 4.74 Å². The van der Waals surface area contributed by atoms with Crippen LogP contribution in [0, 0.1) is 0 Å². The summed E-state index contributed by atoms with van der Waals surface area (Å²) in [6.45, 7) is 0.909. The fraction of sp³-hybridized carbons (Fsp3) is 1.00. The molecule has 2 nitrogen and oxygen atoms in total. The average molecular weight is 135 g/mol. The Hall–Kier alpha value is -0.150. The van der Waals surface area contributed by atoms with E-state index in [9.17, 15) is 4.39 Å². The normalized spacial score (nSPS) is 13.7. The first kappa shape index (κ1) is 8.85. The fourth-order valence-corrected chi connectivity index (χ4v) is 0.571. The summed E-state index contributed by atoms with van der Waals surface area (Å²) in [7, 11) is 1.56. The van der Waals surface area contributed by atoms with Crippen molar-refractivity contribution in [3.63, 3.8) is 0 Å². The van der Waals surface area contributed by atoms with E-state index >= 15 is 0 Å². The maximum atomic E-state index is 12.4. The lowest BCUT2D eigenvalue weighted by molar-refractivity contribution is 0.158. The van der Waals surface area contributed by atoms with Gasteiger partial charge in [-0.2, -0.15) is 0 Å². The zero-order valence-corrected chi connectivity index (χ0v) is 5.77. The highest BCUT2D eigenvalue weighted by atomic mass is 19.1. The van der Waals surface area contributed by atoms with Crippen LogP contribution in [0.25, 0.3) is 0 Å². The van der Waals surface area contributed by atoms with E-state index in [0.29, 0.717) is 26.0 Å². The van der Waals surface area contributed by atoms with E-state index in [1.165, 1.54) is 0 Å². The highest BCUT2D eigenvalue weighted by Gasteiger charge is 2.02.